The van der Waals surface area contributed by atoms with Crippen molar-refractivity contribution in [2.24, 2.45) is 0 Å². The van der Waals surface area contributed by atoms with E-state index in [1.807, 2.05) is 0 Å². The molecule has 1 saturated heterocycles. The molecule has 66 valence electrons. The molecule has 0 N–H and O–H groups in total. The Labute approximate surface area is 94.3 Å². The maximum absolute atomic E-state index is 10.7. The van der Waals surface area contributed by atoms with E-state index in [9.17, 15) is 8.42 Å². The highest BCUT2D eigenvalue weighted by Crippen LogP contribution is 2.48. The Kier molecular flexibility index (Phi) is 3.01. The van der Waals surface area contributed by atoms with Crippen LogP contribution in [0.3, 0.4) is 0 Å². The minimum absolute atomic E-state index is 0.630. The van der Waals surface area contributed by atoms with E-state index in [-0.39, 0.29) is 0 Å². The predicted octanol–water partition coefficient (Wildman–Crippen LogP) is 2.12. The van der Waals surface area contributed by atoms with Crippen LogP contribution in [0.1, 0.15) is 0 Å². The van der Waals surface area contributed by atoms with E-state index < -0.39 is 23.1 Å². The number of hydrogen-bond acceptors (Lipinski definition) is 3. The van der Waals surface area contributed by atoms with Crippen molar-refractivity contribution in [3.8, 4) is 0 Å². The molecule has 0 bridgehead atoms. The van der Waals surface area contributed by atoms with Crippen molar-refractivity contribution in [1.29, 1.82) is 0 Å². The summed E-state index contributed by atoms with van der Waals surface area (Å²) in [6.07, 6.45) is -0.630. The zero-order valence-corrected chi connectivity index (χ0v) is 11.1. The number of hydrogen-bond donors (Lipinski definition) is 0. The van der Waals surface area contributed by atoms with Crippen LogP contribution in [0, 0.1) is 0 Å². The second-order valence-electron chi connectivity index (χ2n) is 1.90. The van der Waals surface area contributed by atoms with Gasteiger partial charge < -0.3 is 0 Å². The molecule has 3 nitrogen and oxygen atoms in total. The zero-order chi connectivity index (χ0) is 8.86. The van der Waals surface area contributed by atoms with Gasteiger partial charge in [-0.25, -0.2) is 0 Å². The number of halogens is 4. The molecule has 1 heterocycles. The van der Waals surface area contributed by atoms with Gasteiger partial charge in [0.05, 0.1) is 0 Å². The highest BCUT2D eigenvalue weighted by atomic mass is 80.0. The fourth-order valence-corrected chi connectivity index (χ4v) is 4.43. The average Bonchev–Trinajstić information content (AvgIpc) is 1.80. The average molecular weight is 393 g/mol. The SMILES string of the molecule is O=S1(=O)OC(C(Br)(Br)Br)C1Cl. The normalized spacial score (nSPS) is 36.4. The molecule has 1 aliphatic rings. The first-order valence-corrected chi connectivity index (χ1v) is 6.67. The van der Waals surface area contributed by atoms with Crippen molar-refractivity contribution in [1.82, 2.24) is 0 Å². The Morgan fingerprint density at radius 1 is 1.36 bits per heavy atom. The number of rotatable bonds is 0. The molecule has 0 spiro atoms. The van der Waals surface area contributed by atoms with Gasteiger partial charge in [-0.15, -0.1) is 0 Å². The highest BCUT2D eigenvalue weighted by Gasteiger charge is 2.55. The van der Waals surface area contributed by atoms with Gasteiger partial charge >= 0.3 is 0 Å². The summed E-state index contributed by atoms with van der Waals surface area (Å²) >= 11 is 14.8. The lowest BCUT2D eigenvalue weighted by atomic mass is 10.5. The summed E-state index contributed by atoms with van der Waals surface area (Å²) in [6, 6.07) is 0. The van der Waals surface area contributed by atoms with Crippen LogP contribution in [-0.4, -0.2) is 21.4 Å². The number of alkyl halides is 4. The van der Waals surface area contributed by atoms with E-state index in [1.54, 1.807) is 0 Å². The molecule has 0 aromatic heterocycles. The summed E-state index contributed by atoms with van der Waals surface area (Å²) in [7, 11) is -3.52. The van der Waals surface area contributed by atoms with Gasteiger partial charge in [0.15, 0.2) is 6.85 Å². The van der Waals surface area contributed by atoms with E-state index in [0.717, 1.165) is 0 Å². The van der Waals surface area contributed by atoms with Gasteiger partial charge in [0.2, 0.25) is 0 Å². The van der Waals surface area contributed by atoms with Crippen molar-refractivity contribution in [2.45, 2.75) is 13.0 Å². The predicted molar refractivity (Wildman–Crippen MR) is 52.9 cm³/mol. The van der Waals surface area contributed by atoms with E-state index in [0.29, 0.717) is 0 Å². The van der Waals surface area contributed by atoms with Crippen LogP contribution < -0.4 is 0 Å². The smallest absolute Gasteiger partial charge is 0.259 e. The molecule has 2 atom stereocenters. The van der Waals surface area contributed by atoms with Crippen LogP contribution >= 0.6 is 59.4 Å². The lowest BCUT2D eigenvalue weighted by Gasteiger charge is -2.36. The minimum Gasteiger partial charge on any atom is -0.259 e. The quantitative estimate of drug-likeness (QED) is 0.468. The first-order valence-electron chi connectivity index (χ1n) is 2.38. The second-order valence-corrected chi connectivity index (χ2v) is 11.3. The molecule has 2 unspecified atom stereocenters. The van der Waals surface area contributed by atoms with E-state index in [1.165, 1.54) is 0 Å². The molecule has 0 aromatic carbocycles. The maximum Gasteiger partial charge on any atom is 0.287 e. The first-order chi connectivity index (χ1) is 4.75. The van der Waals surface area contributed by atoms with Crippen molar-refractivity contribution < 1.29 is 12.6 Å². The van der Waals surface area contributed by atoms with Crippen molar-refractivity contribution in [3.63, 3.8) is 0 Å². The summed E-state index contributed by atoms with van der Waals surface area (Å²) in [5, 5.41) is 0. The fourth-order valence-electron chi connectivity index (χ4n) is 0.542. The van der Waals surface area contributed by atoms with Gasteiger partial charge in [-0.1, -0.05) is 59.4 Å². The van der Waals surface area contributed by atoms with Crippen LogP contribution in [0.4, 0.5) is 0 Å². The van der Waals surface area contributed by atoms with Crippen molar-refractivity contribution >= 4 is 69.5 Å². The summed E-state index contributed by atoms with van der Waals surface area (Å²) in [6.45, 7) is 0. The summed E-state index contributed by atoms with van der Waals surface area (Å²) in [4.78, 5) is 0. The third-order valence-corrected chi connectivity index (χ3v) is 4.59. The van der Waals surface area contributed by atoms with E-state index in [2.05, 4.69) is 52.0 Å². The standard InChI is InChI=1S/C3H2Br3ClO3S/c4-3(5,6)1-2(7)11(8,9)10-1/h1-2H. The molecule has 0 amide bonds. The van der Waals surface area contributed by atoms with Crippen molar-refractivity contribution in [3.05, 3.63) is 0 Å². The minimum atomic E-state index is -3.52. The highest BCUT2D eigenvalue weighted by molar-refractivity contribution is 9.39. The molecule has 0 aliphatic carbocycles. The van der Waals surface area contributed by atoms with Crippen LogP contribution in [0.2, 0.25) is 0 Å². The lowest BCUT2D eigenvalue weighted by molar-refractivity contribution is 0.179. The van der Waals surface area contributed by atoms with Crippen LogP contribution in [0.25, 0.3) is 0 Å². The molecule has 0 saturated carbocycles. The fraction of sp³-hybridized carbons (Fsp3) is 1.00. The molecule has 1 aliphatic heterocycles. The lowest BCUT2D eigenvalue weighted by Crippen LogP contribution is -2.52. The van der Waals surface area contributed by atoms with Gasteiger partial charge in [0.1, 0.15) is 6.10 Å². The molecular formula is C3H2Br3ClO3S. The topological polar surface area (TPSA) is 43.4 Å². The van der Waals surface area contributed by atoms with Gasteiger partial charge in [-0.3, -0.25) is 4.18 Å². The van der Waals surface area contributed by atoms with Gasteiger partial charge in [-0.05, 0) is 0 Å². The Hall–Kier alpha value is 1.64. The Bertz CT molecular complexity index is 257. The second kappa shape index (κ2) is 3.09. The Morgan fingerprint density at radius 2 is 1.82 bits per heavy atom. The molecular weight excluding hydrogens is 391 g/mol. The third kappa shape index (κ3) is 2.11. The Morgan fingerprint density at radius 3 is 1.91 bits per heavy atom. The van der Waals surface area contributed by atoms with Crippen LogP contribution in [-0.2, 0) is 14.3 Å². The summed E-state index contributed by atoms with van der Waals surface area (Å²) in [5.41, 5.74) is 0. The van der Waals surface area contributed by atoms with E-state index >= 15 is 0 Å². The molecule has 1 fully saturated rings. The largest absolute Gasteiger partial charge is 0.287 e. The third-order valence-electron chi connectivity index (χ3n) is 1.07. The monoisotopic (exact) mass is 390 g/mol. The van der Waals surface area contributed by atoms with Crippen LogP contribution in [0.5, 0.6) is 0 Å². The van der Waals surface area contributed by atoms with Gasteiger partial charge in [0, 0.05) is 0 Å². The molecule has 1 rings (SSSR count). The molecule has 0 radical (unpaired) electrons. The molecule has 0 aromatic rings. The van der Waals surface area contributed by atoms with Gasteiger partial charge in [0.25, 0.3) is 10.1 Å². The van der Waals surface area contributed by atoms with Crippen LogP contribution in [0.15, 0.2) is 0 Å². The molecule has 11 heavy (non-hydrogen) atoms. The van der Waals surface area contributed by atoms with Gasteiger partial charge in [-0.2, -0.15) is 8.42 Å². The maximum atomic E-state index is 10.7. The van der Waals surface area contributed by atoms with E-state index in [4.69, 9.17) is 11.6 Å². The molecule has 8 heteroatoms. The summed E-state index contributed by atoms with van der Waals surface area (Å²) in [5.74, 6) is 0. The first kappa shape index (κ1) is 10.7. The Balaban J connectivity index is 2.74. The zero-order valence-electron chi connectivity index (χ0n) is 4.80. The van der Waals surface area contributed by atoms with Crippen molar-refractivity contribution in [2.75, 3.05) is 0 Å². The summed E-state index contributed by atoms with van der Waals surface area (Å²) < 4.78 is 24.0.